The monoisotopic (exact) mass is 501 g/mol. The largest absolute Gasteiger partial charge is 0.493 e. The highest BCUT2D eigenvalue weighted by atomic mass is 16.5. The second kappa shape index (κ2) is 12.1. The van der Waals surface area contributed by atoms with Crippen LogP contribution in [-0.2, 0) is 6.42 Å². The Bertz CT molecular complexity index is 1090. The summed E-state index contributed by atoms with van der Waals surface area (Å²) >= 11 is 0. The van der Waals surface area contributed by atoms with Crippen LogP contribution in [0.4, 0.5) is 5.95 Å². The van der Waals surface area contributed by atoms with E-state index in [2.05, 4.69) is 58.2 Å². The van der Waals surface area contributed by atoms with Crippen molar-refractivity contribution in [3.63, 3.8) is 0 Å². The van der Waals surface area contributed by atoms with Crippen LogP contribution < -0.4 is 9.64 Å². The molecule has 1 N–H and O–H groups in total. The fourth-order valence-electron chi connectivity index (χ4n) is 5.88. The summed E-state index contributed by atoms with van der Waals surface area (Å²) in [5.74, 6) is 2.51. The van der Waals surface area contributed by atoms with E-state index in [0.717, 1.165) is 89.3 Å². The Morgan fingerprint density at radius 1 is 1.08 bits per heavy atom. The number of benzene rings is 1. The fraction of sp³-hybridized carbons (Fsp3) is 0.567. The molecule has 0 amide bonds. The Labute approximate surface area is 220 Å². The number of rotatable bonds is 8. The Kier molecular flexibility index (Phi) is 8.38. The number of aromatic nitrogens is 2. The van der Waals surface area contributed by atoms with Gasteiger partial charge in [-0.2, -0.15) is 5.26 Å². The molecule has 0 bridgehead atoms. The van der Waals surface area contributed by atoms with E-state index in [1.165, 1.54) is 16.7 Å². The number of hydrogen-bond acceptors (Lipinski definition) is 7. The third kappa shape index (κ3) is 6.14. The first-order chi connectivity index (χ1) is 18.1. The molecule has 2 saturated heterocycles. The third-order valence-electron chi connectivity index (χ3n) is 8.36. The zero-order valence-electron chi connectivity index (χ0n) is 21.9. The van der Waals surface area contributed by atoms with E-state index in [0.29, 0.717) is 5.92 Å². The van der Waals surface area contributed by atoms with Crippen LogP contribution in [0.1, 0.15) is 63.0 Å². The Hall–Kier alpha value is -2.95. The van der Waals surface area contributed by atoms with Gasteiger partial charge in [-0.3, -0.25) is 4.90 Å². The standard InChI is InChI=1S/C30H39N5O2/c1-2-22-19-32-30(33-20-22)34-16-13-23(14-17-34)21-37-28-11-9-25(10-12-28)24-5-7-26(8-6-24)29(36)35-15-3-4-27(35)18-31/h5,9-12,19-20,23,26-27,29,36H,2-4,6-8,13-17,21H2,1H3. The minimum absolute atomic E-state index is 0.132. The van der Waals surface area contributed by atoms with Crippen LogP contribution in [0.5, 0.6) is 5.75 Å². The Balaban J connectivity index is 1.07. The van der Waals surface area contributed by atoms with Crippen molar-refractivity contribution in [2.45, 2.75) is 70.6 Å². The van der Waals surface area contributed by atoms with Gasteiger partial charge in [0.25, 0.3) is 0 Å². The van der Waals surface area contributed by atoms with Gasteiger partial charge in [-0.1, -0.05) is 25.1 Å². The molecule has 7 nitrogen and oxygen atoms in total. The van der Waals surface area contributed by atoms with E-state index in [1.807, 2.05) is 17.3 Å². The van der Waals surface area contributed by atoms with E-state index >= 15 is 0 Å². The predicted octanol–water partition coefficient (Wildman–Crippen LogP) is 4.82. The smallest absolute Gasteiger partial charge is 0.225 e. The van der Waals surface area contributed by atoms with Gasteiger partial charge in [-0.15, -0.1) is 0 Å². The highest BCUT2D eigenvalue weighted by Crippen LogP contribution is 2.35. The number of piperidine rings is 1. The summed E-state index contributed by atoms with van der Waals surface area (Å²) in [5, 5.41) is 20.2. The molecule has 196 valence electrons. The average Bonchev–Trinajstić information content (AvgIpc) is 3.45. The summed E-state index contributed by atoms with van der Waals surface area (Å²) in [5.41, 5.74) is 3.75. The zero-order chi connectivity index (χ0) is 25.6. The molecule has 1 aromatic carbocycles. The third-order valence-corrected chi connectivity index (χ3v) is 8.36. The van der Waals surface area contributed by atoms with Gasteiger partial charge < -0.3 is 14.7 Å². The summed E-state index contributed by atoms with van der Waals surface area (Å²) in [7, 11) is 0. The van der Waals surface area contributed by atoms with Crippen LogP contribution in [0.2, 0.25) is 0 Å². The zero-order valence-corrected chi connectivity index (χ0v) is 21.9. The molecule has 1 aliphatic carbocycles. The van der Waals surface area contributed by atoms with Gasteiger partial charge in [0, 0.05) is 37.9 Å². The van der Waals surface area contributed by atoms with Gasteiger partial charge in [0.1, 0.15) is 12.0 Å². The van der Waals surface area contributed by atoms with E-state index in [1.54, 1.807) is 0 Å². The molecule has 0 radical (unpaired) electrons. The molecule has 7 heteroatoms. The molecule has 1 aromatic heterocycles. The number of nitriles is 1. The number of aliphatic hydroxyl groups excluding tert-OH is 1. The molecule has 3 atom stereocenters. The number of ether oxygens (including phenoxy) is 1. The summed E-state index contributed by atoms with van der Waals surface area (Å²) in [6.07, 6.45) is 13.4. The van der Waals surface area contributed by atoms with Crippen LogP contribution >= 0.6 is 0 Å². The molecule has 5 rings (SSSR count). The maximum atomic E-state index is 10.8. The average molecular weight is 502 g/mol. The van der Waals surface area contributed by atoms with Gasteiger partial charge in [0.2, 0.25) is 5.95 Å². The lowest BCUT2D eigenvalue weighted by Crippen LogP contribution is -2.43. The molecule has 3 heterocycles. The summed E-state index contributed by atoms with van der Waals surface area (Å²) in [4.78, 5) is 13.3. The lowest BCUT2D eigenvalue weighted by Gasteiger charge is -2.34. The van der Waals surface area contributed by atoms with Gasteiger partial charge in [0.15, 0.2) is 0 Å². The van der Waals surface area contributed by atoms with E-state index in [9.17, 15) is 10.4 Å². The fourth-order valence-corrected chi connectivity index (χ4v) is 5.88. The van der Waals surface area contributed by atoms with E-state index < -0.39 is 6.23 Å². The molecule has 3 unspecified atom stereocenters. The lowest BCUT2D eigenvalue weighted by atomic mass is 9.85. The summed E-state index contributed by atoms with van der Waals surface area (Å²) < 4.78 is 6.15. The minimum atomic E-state index is -0.512. The number of hydrogen-bond donors (Lipinski definition) is 1. The molecule has 2 aromatic rings. The lowest BCUT2D eigenvalue weighted by molar-refractivity contribution is -0.0401. The van der Waals surface area contributed by atoms with Crippen molar-refractivity contribution in [2.75, 3.05) is 31.1 Å². The number of allylic oxidation sites excluding steroid dienone is 2. The van der Waals surface area contributed by atoms with Crippen LogP contribution in [-0.4, -0.2) is 58.5 Å². The van der Waals surface area contributed by atoms with Crippen LogP contribution in [0.25, 0.3) is 5.57 Å². The van der Waals surface area contributed by atoms with Gasteiger partial charge in [-0.25, -0.2) is 9.97 Å². The van der Waals surface area contributed by atoms with Crippen molar-refractivity contribution in [2.24, 2.45) is 11.8 Å². The van der Waals surface area contributed by atoms with E-state index in [4.69, 9.17) is 4.74 Å². The topological polar surface area (TPSA) is 85.5 Å². The summed E-state index contributed by atoms with van der Waals surface area (Å²) in [6.45, 7) is 5.63. The predicted molar refractivity (Wildman–Crippen MR) is 145 cm³/mol. The Morgan fingerprint density at radius 3 is 2.49 bits per heavy atom. The van der Waals surface area contributed by atoms with Crippen LogP contribution in [0, 0.1) is 23.2 Å². The number of likely N-dealkylation sites (tertiary alicyclic amines) is 1. The van der Waals surface area contributed by atoms with Gasteiger partial charge >= 0.3 is 0 Å². The van der Waals surface area contributed by atoms with Gasteiger partial charge in [-0.05, 0) is 86.1 Å². The first kappa shape index (κ1) is 25.7. The van der Waals surface area contributed by atoms with Crippen molar-refractivity contribution >= 4 is 11.5 Å². The summed E-state index contributed by atoms with van der Waals surface area (Å²) in [6, 6.07) is 10.7. The molecule has 0 saturated carbocycles. The number of aliphatic hydroxyl groups is 1. The van der Waals surface area contributed by atoms with Crippen LogP contribution in [0.3, 0.4) is 0 Å². The molecular weight excluding hydrogens is 462 g/mol. The van der Waals surface area contributed by atoms with Crippen molar-refractivity contribution in [1.29, 1.82) is 5.26 Å². The second-order valence-electron chi connectivity index (χ2n) is 10.7. The molecular formula is C30H39N5O2. The van der Waals surface area contributed by atoms with E-state index in [-0.39, 0.29) is 12.0 Å². The molecule has 2 fully saturated rings. The van der Waals surface area contributed by atoms with Crippen LogP contribution in [0.15, 0.2) is 42.7 Å². The highest BCUT2D eigenvalue weighted by molar-refractivity contribution is 5.66. The van der Waals surface area contributed by atoms with Crippen molar-refractivity contribution < 1.29 is 9.84 Å². The number of nitrogens with zero attached hydrogens (tertiary/aromatic N) is 5. The molecule has 3 aliphatic rings. The Morgan fingerprint density at radius 2 is 1.84 bits per heavy atom. The maximum Gasteiger partial charge on any atom is 0.225 e. The first-order valence-electron chi connectivity index (χ1n) is 14.0. The van der Waals surface area contributed by atoms with Gasteiger partial charge in [0.05, 0.1) is 18.7 Å². The quantitative estimate of drug-likeness (QED) is 0.555. The van der Waals surface area contributed by atoms with Crippen molar-refractivity contribution in [3.8, 4) is 11.8 Å². The highest BCUT2D eigenvalue weighted by Gasteiger charge is 2.34. The SMILES string of the molecule is CCc1cnc(N2CCC(COc3ccc(C4=CCC(C(O)N5CCCC5C#N)CC4)cc3)CC2)nc1. The molecule has 0 spiro atoms. The molecule has 37 heavy (non-hydrogen) atoms. The van der Waals surface area contributed by atoms with Crippen molar-refractivity contribution in [1.82, 2.24) is 14.9 Å². The minimum Gasteiger partial charge on any atom is -0.493 e. The number of anilines is 1. The molecule has 2 aliphatic heterocycles. The normalized spacial score (nSPS) is 23.9. The number of aryl methyl sites for hydroxylation is 1. The second-order valence-corrected chi connectivity index (χ2v) is 10.7. The van der Waals surface area contributed by atoms with Crippen molar-refractivity contribution in [3.05, 3.63) is 53.9 Å². The maximum absolute atomic E-state index is 10.8. The first-order valence-corrected chi connectivity index (χ1v) is 14.0.